The Morgan fingerprint density at radius 1 is 0.267 bits per heavy atom. The molecule has 12 heteroatoms. The standard InChI is InChI=1S/4C18H26O3.2CH4/c4*1-11(16(20)21)8-12-9-13(17(2,3)4)15(19)14(10-12)18(5,6)7;;/h4*9-10,19H,1,8H2,2-7H3,(H,20,21);2*1H4. The molecule has 0 bridgehead atoms. The summed E-state index contributed by atoms with van der Waals surface area (Å²) in [6, 6.07) is 15.1. The van der Waals surface area contributed by atoms with E-state index in [1.54, 1.807) is 0 Å². The molecule has 4 aromatic carbocycles. The van der Waals surface area contributed by atoms with Crippen molar-refractivity contribution in [1.82, 2.24) is 0 Å². The van der Waals surface area contributed by atoms with E-state index in [1.165, 1.54) is 0 Å². The summed E-state index contributed by atoms with van der Waals surface area (Å²) in [6.07, 6.45) is 1.12. The molecule has 0 unspecified atom stereocenters. The fraction of sp³-hybridized carbons (Fsp3) is 0.514. The minimum atomic E-state index is -0.988. The van der Waals surface area contributed by atoms with Crippen LogP contribution in [-0.4, -0.2) is 64.7 Å². The van der Waals surface area contributed by atoms with E-state index in [4.69, 9.17) is 20.4 Å². The molecule has 0 fully saturated rings. The van der Waals surface area contributed by atoms with Gasteiger partial charge in [0.2, 0.25) is 0 Å². The zero-order valence-electron chi connectivity index (χ0n) is 55.5. The lowest BCUT2D eigenvalue weighted by Crippen LogP contribution is -2.18. The molecule has 0 heterocycles. The third-order valence-corrected chi connectivity index (χ3v) is 14.0. The van der Waals surface area contributed by atoms with Crippen molar-refractivity contribution < 1.29 is 60.0 Å². The molecule has 0 aromatic heterocycles. The molecule has 0 amide bonds. The van der Waals surface area contributed by atoms with Crippen LogP contribution in [0.1, 0.15) is 248 Å². The molecule has 4 aromatic rings. The quantitative estimate of drug-likeness (QED) is 0.0620. The normalized spacial score (nSPS) is 12.0. The number of phenolic OH excluding ortho intramolecular Hbond substituents is 4. The Hall–Kier alpha value is -7.08. The summed E-state index contributed by atoms with van der Waals surface area (Å²) in [5.41, 5.74) is 9.04. The summed E-state index contributed by atoms with van der Waals surface area (Å²) in [6.45, 7) is 63.1. The molecule has 0 aliphatic rings. The van der Waals surface area contributed by atoms with Crippen LogP contribution in [0.25, 0.3) is 0 Å². The molecule has 480 valence electrons. The monoisotopic (exact) mass is 1190 g/mol. The van der Waals surface area contributed by atoms with Crippen LogP contribution in [0.2, 0.25) is 0 Å². The van der Waals surface area contributed by atoms with Crippen molar-refractivity contribution in [2.24, 2.45) is 0 Å². The van der Waals surface area contributed by atoms with Gasteiger partial charge in [0.05, 0.1) is 0 Å². The summed E-state index contributed by atoms with van der Waals surface area (Å²) in [7, 11) is 0. The van der Waals surface area contributed by atoms with Crippen LogP contribution >= 0.6 is 0 Å². The highest BCUT2D eigenvalue weighted by atomic mass is 16.4. The van der Waals surface area contributed by atoms with Crippen LogP contribution in [0.4, 0.5) is 0 Å². The molecule has 0 spiro atoms. The van der Waals surface area contributed by atoms with Crippen LogP contribution in [0, 0.1) is 0 Å². The first kappa shape index (κ1) is 81.0. The van der Waals surface area contributed by atoms with Gasteiger partial charge in [-0.05, 0) is 110 Å². The van der Waals surface area contributed by atoms with E-state index in [2.05, 4.69) is 26.3 Å². The second-order valence-electron chi connectivity index (χ2n) is 30.5. The highest BCUT2D eigenvalue weighted by Gasteiger charge is 2.31. The molecule has 0 aliphatic heterocycles. The molecule has 12 nitrogen and oxygen atoms in total. The van der Waals surface area contributed by atoms with Crippen molar-refractivity contribution in [3.8, 4) is 23.0 Å². The maximum Gasteiger partial charge on any atom is 0.331 e. The Labute approximate surface area is 518 Å². The predicted octanol–water partition coefficient (Wildman–Crippen LogP) is 18.0. The van der Waals surface area contributed by atoms with Gasteiger partial charge in [0.25, 0.3) is 0 Å². The molecule has 0 saturated heterocycles. The topological polar surface area (TPSA) is 230 Å². The number of hydrogen-bond acceptors (Lipinski definition) is 8. The SMILES string of the molecule is C.C.C=C(Cc1cc(C(C)(C)C)c(O)c(C(C)(C)C)c1)C(=O)O.C=C(Cc1cc(C(C)(C)C)c(O)c(C(C)(C)C)c1)C(=O)O.C=C(Cc1cc(C(C)(C)C)c(O)c(C(C)(C)C)c1)C(=O)O.C=C(Cc1cc(C(C)(C)C)c(O)c(C(C)(C)C)c1)C(=O)O. The lowest BCUT2D eigenvalue weighted by Gasteiger charge is -2.28. The number of carboxylic acid groups (broad SMARTS) is 4. The van der Waals surface area contributed by atoms with E-state index < -0.39 is 23.9 Å². The molecular weight excluding hydrogens is 1080 g/mol. The number of phenols is 4. The molecule has 4 rings (SSSR count). The van der Waals surface area contributed by atoms with Crippen LogP contribution in [0.15, 0.2) is 97.1 Å². The van der Waals surface area contributed by atoms with Gasteiger partial charge in [-0.1, -0.05) is 256 Å². The lowest BCUT2D eigenvalue weighted by molar-refractivity contribution is -0.133. The summed E-state index contributed by atoms with van der Waals surface area (Å²) >= 11 is 0. The largest absolute Gasteiger partial charge is 0.507 e. The van der Waals surface area contributed by atoms with Gasteiger partial charge in [-0.25, -0.2) is 19.2 Å². The zero-order valence-corrected chi connectivity index (χ0v) is 55.5. The molecule has 0 saturated carbocycles. The van der Waals surface area contributed by atoms with Crippen molar-refractivity contribution in [3.05, 3.63) is 164 Å². The third kappa shape index (κ3) is 23.6. The van der Waals surface area contributed by atoms with Gasteiger partial charge in [0.1, 0.15) is 23.0 Å². The Morgan fingerprint density at radius 2 is 0.360 bits per heavy atom. The number of carboxylic acids is 4. The van der Waals surface area contributed by atoms with Crippen LogP contribution in [-0.2, 0) is 88.2 Å². The van der Waals surface area contributed by atoms with Gasteiger partial charge >= 0.3 is 23.9 Å². The molecule has 0 atom stereocenters. The van der Waals surface area contributed by atoms with Crippen molar-refractivity contribution in [2.75, 3.05) is 0 Å². The van der Waals surface area contributed by atoms with E-state index in [0.29, 0.717) is 23.0 Å². The lowest BCUT2D eigenvalue weighted by atomic mass is 9.78. The average Bonchev–Trinajstić information content (AvgIpc) is 2.09. The van der Waals surface area contributed by atoms with Gasteiger partial charge < -0.3 is 40.9 Å². The van der Waals surface area contributed by atoms with Crippen molar-refractivity contribution in [1.29, 1.82) is 0 Å². The Kier molecular flexibility index (Phi) is 27.8. The number of rotatable bonds is 12. The maximum atomic E-state index is 11.0. The molecule has 0 radical (unpaired) electrons. The van der Waals surface area contributed by atoms with Gasteiger partial charge in [-0.3, -0.25) is 0 Å². The fourth-order valence-corrected chi connectivity index (χ4v) is 9.05. The number of aromatic hydroxyl groups is 4. The minimum Gasteiger partial charge on any atom is -0.507 e. The molecular formula is C74H112O12. The smallest absolute Gasteiger partial charge is 0.331 e. The van der Waals surface area contributed by atoms with Gasteiger partial charge in [-0.15, -0.1) is 0 Å². The summed E-state index contributed by atoms with van der Waals surface area (Å²) in [5.74, 6) is -2.73. The summed E-state index contributed by atoms with van der Waals surface area (Å²) in [4.78, 5) is 43.9. The van der Waals surface area contributed by atoms with E-state index in [0.717, 1.165) is 66.8 Å². The summed E-state index contributed by atoms with van der Waals surface area (Å²) < 4.78 is 0. The van der Waals surface area contributed by atoms with Gasteiger partial charge in [-0.2, -0.15) is 0 Å². The highest BCUT2D eigenvalue weighted by Crippen LogP contribution is 2.44. The molecule has 8 N–H and O–H groups in total. The Bertz CT molecular complexity index is 2560. The van der Waals surface area contributed by atoms with Gasteiger partial charge in [0.15, 0.2) is 0 Å². The van der Waals surface area contributed by atoms with Crippen molar-refractivity contribution in [3.63, 3.8) is 0 Å². The number of carbonyl (C=O) groups is 4. The molecule has 0 aliphatic carbocycles. The van der Waals surface area contributed by atoms with Gasteiger partial charge in [0, 0.05) is 48.0 Å². The first-order valence-electron chi connectivity index (χ1n) is 28.5. The fourth-order valence-electron chi connectivity index (χ4n) is 9.05. The first-order chi connectivity index (χ1) is 37.3. The molecule has 86 heavy (non-hydrogen) atoms. The first-order valence-corrected chi connectivity index (χ1v) is 28.5. The average molecular weight is 1190 g/mol. The maximum absolute atomic E-state index is 11.0. The van der Waals surface area contributed by atoms with Crippen molar-refractivity contribution >= 4 is 23.9 Å². The number of hydrogen-bond donors (Lipinski definition) is 8. The minimum absolute atomic E-state index is 0. The van der Waals surface area contributed by atoms with Crippen molar-refractivity contribution in [2.45, 2.75) is 250 Å². The highest BCUT2D eigenvalue weighted by molar-refractivity contribution is 5.88. The Balaban J connectivity index is 0. The summed E-state index contributed by atoms with van der Waals surface area (Å²) in [5, 5.41) is 78.4. The van der Waals surface area contributed by atoms with Crippen LogP contribution in [0.3, 0.4) is 0 Å². The number of aliphatic carboxylic acids is 4. The second-order valence-corrected chi connectivity index (χ2v) is 30.5. The Morgan fingerprint density at radius 3 is 0.430 bits per heavy atom. The van der Waals surface area contributed by atoms with Crippen LogP contribution in [0.5, 0.6) is 23.0 Å². The van der Waals surface area contributed by atoms with Crippen LogP contribution < -0.4 is 0 Å². The van der Waals surface area contributed by atoms with E-state index >= 15 is 0 Å². The predicted molar refractivity (Wildman–Crippen MR) is 357 cm³/mol. The van der Waals surface area contributed by atoms with E-state index in [1.807, 2.05) is 215 Å². The third-order valence-electron chi connectivity index (χ3n) is 14.0. The second kappa shape index (κ2) is 29.5. The zero-order chi connectivity index (χ0) is 66.3. The van der Waals surface area contributed by atoms with E-state index in [9.17, 15) is 39.6 Å². The number of benzene rings is 4. The van der Waals surface area contributed by atoms with E-state index in [-0.39, 0.29) is 106 Å².